The molecule has 6 heteroatoms. The highest BCUT2D eigenvalue weighted by molar-refractivity contribution is 5.87. The van der Waals surface area contributed by atoms with Crippen molar-refractivity contribution in [3.63, 3.8) is 0 Å². The predicted molar refractivity (Wildman–Crippen MR) is 111 cm³/mol. The second kappa shape index (κ2) is 8.06. The molecule has 0 heterocycles. The van der Waals surface area contributed by atoms with Gasteiger partial charge in [-0.3, -0.25) is 14.9 Å². The third-order valence-electron chi connectivity index (χ3n) is 5.18. The number of nitrogens with one attached hydrogen (secondary N) is 1. The zero-order valence-electron chi connectivity index (χ0n) is 15.5. The van der Waals surface area contributed by atoms with E-state index in [1.807, 2.05) is 60.7 Å². The van der Waals surface area contributed by atoms with Crippen LogP contribution in [0.4, 0.5) is 5.69 Å². The van der Waals surface area contributed by atoms with E-state index in [2.05, 4.69) is 10.5 Å². The summed E-state index contributed by atoms with van der Waals surface area (Å²) in [5.74, 6) is -0.0824. The van der Waals surface area contributed by atoms with Gasteiger partial charge in [-0.15, -0.1) is 0 Å². The first-order chi connectivity index (χ1) is 14.1. The van der Waals surface area contributed by atoms with Gasteiger partial charge in [0.1, 0.15) is 0 Å². The second-order valence-electron chi connectivity index (χ2n) is 6.98. The number of carbonyl (C=O) groups is 1. The van der Waals surface area contributed by atoms with E-state index in [1.165, 1.54) is 18.3 Å². The Morgan fingerprint density at radius 3 is 1.86 bits per heavy atom. The number of non-ortho nitro benzene ring substituents is 1. The van der Waals surface area contributed by atoms with Crippen LogP contribution in [-0.4, -0.2) is 17.0 Å². The first kappa shape index (κ1) is 18.6. The van der Waals surface area contributed by atoms with Gasteiger partial charge >= 0.3 is 0 Å². The number of hydrogen-bond donors (Lipinski definition) is 1. The highest BCUT2D eigenvalue weighted by Gasteiger charge is 2.55. The first-order valence-electron chi connectivity index (χ1n) is 9.32. The van der Waals surface area contributed by atoms with Gasteiger partial charge in [-0.05, 0) is 28.8 Å². The Labute approximate surface area is 168 Å². The van der Waals surface area contributed by atoms with E-state index < -0.39 is 4.92 Å². The fourth-order valence-electron chi connectivity index (χ4n) is 3.74. The summed E-state index contributed by atoms with van der Waals surface area (Å²) < 4.78 is 0. The lowest BCUT2D eigenvalue weighted by Gasteiger charge is -2.00. The maximum atomic E-state index is 12.8. The fourth-order valence-corrected chi connectivity index (χ4v) is 3.74. The minimum atomic E-state index is -0.455. The van der Waals surface area contributed by atoms with Gasteiger partial charge in [-0.25, -0.2) is 5.43 Å². The number of nitro groups is 1. The Bertz CT molecular complexity index is 988. The Kier molecular flexibility index (Phi) is 5.16. The van der Waals surface area contributed by atoms with E-state index in [0.717, 1.165) is 11.1 Å². The van der Waals surface area contributed by atoms with Crippen molar-refractivity contribution < 1.29 is 9.72 Å². The van der Waals surface area contributed by atoms with Gasteiger partial charge in [0.05, 0.1) is 17.1 Å². The summed E-state index contributed by atoms with van der Waals surface area (Å²) in [5, 5.41) is 14.7. The number of rotatable bonds is 6. The molecule has 4 rings (SSSR count). The van der Waals surface area contributed by atoms with E-state index in [1.54, 1.807) is 12.1 Å². The van der Waals surface area contributed by atoms with Crippen molar-refractivity contribution >= 4 is 17.8 Å². The summed E-state index contributed by atoms with van der Waals surface area (Å²) in [7, 11) is 0. The van der Waals surface area contributed by atoms with Crippen LogP contribution in [0.2, 0.25) is 0 Å². The number of hydrogen-bond acceptors (Lipinski definition) is 4. The van der Waals surface area contributed by atoms with Crippen molar-refractivity contribution in [3.8, 4) is 0 Å². The molecule has 1 aliphatic rings. The molecule has 1 aliphatic carbocycles. The van der Waals surface area contributed by atoms with Gasteiger partial charge in [0.2, 0.25) is 5.91 Å². The average Bonchev–Trinajstić information content (AvgIpc) is 3.51. The predicted octanol–water partition coefficient (Wildman–Crippen LogP) is 4.24. The zero-order chi connectivity index (χ0) is 20.2. The van der Waals surface area contributed by atoms with Crippen molar-refractivity contribution in [3.05, 3.63) is 112 Å². The second-order valence-corrected chi connectivity index (χ2v) is 6.98. The third kappa shape index (κ3) is 4.06. The topological polar surface area (TPSA) is 84.6 Å². The lowest BCUT2D eigenvalue weighted by atomic mass is 10.0. The average molecular weight is 385 g/mol. The molecule has 2 atom stereocenters. The normalized spacial score (nSPS) is 20.3. The number of carbonyl (C=O) groups excluding carboxylic acids is 1. The molecule has 2 unspecified atom stereocenters. The highest BCUT2D eigenvalue weighted by atomic mass is 16.6. The van der Waals surface area contributed by atoms with Crippen LogP contribution in [0.5, 0.6) is 0 Å². The number of benzene rings is 3. The molecule has 144 valence electrons. The van der Waals surface area contributed by atoms with Crippen molar-refractivity contribution in [2.24, 2.45) is 11.0 Å². The van der Waals surface area contributed by atoms with Crippen LogP contribution in [0, 0.1) is 16.0 Å². The lowest BCUT2D eigenvalue weighted by Crippen LogP contribution is -2.20. The van der Waals surface area contributed by atoms with Gasteiger partial charge in [0.15, 0.2) is 0 Å². The maximum Gasteiger partial charge on any atom is 0.269 e. The van der Waals surface area contributed by atoms with E-state index in [0.29, 0.717) is 5.56 Å². The van der Waals surface area contributed by atoms with Crippen molar-refractivity contribution in [1.82, 2.24) is 5.43 Å². The molecule has 6 nitrogen and oxygen atoms in total. The van der Waals surface area contributed by atoms with Crippen LogP contribution in [-0.2, 0) is 4.79 Å². The van der Waals surface area contributed by atoms with Gasteiger partial charge in [-0.1, -0.05) is 60.7 Å². The molecule has 1 fully saturated rings. The van der Waals surface area contributed by atoms with Crippen LogP contribution in [0.3, 0.4) is 0 Å². The Balaban J connectivity index is 1.47. The summed E-state index contributed by atoms with van der Waals surface area (Å²) in [6.45, 7) is 0. The summed E-state index contributed by atoms with van der Waals surface area (Å²) >= 11 is 0. The molecule has 3 aromatic rings. The largest absolute Gasteiger partial charge is 0.273 e. The van der Waals surface area contributed by atoms with E-state index in [9.17, 15) is 14.9 Å². The van der Waals surface area contributed by atoms with Crippen LogP contribution in [0.15, 0.2) is 90.0 Å². The standard InChI is InChI=1S/C23H19N3O3/c27-23(25-24-15-16-11-13-19(14-12-16)26(28)29)22-20(17-7-3-1-4-8-17)21(22)18-9-5-2-6-10-18/h1-15,20-22H,(H,25,27). The van der Waals surface area contributed by atoms with Crippen molar-refractivity contribution in [2.45, 2.75) is 11.8 Å². The van der Waals surface area contributed by atoms with E-state index in [-0.39, 0.29) is 29.3 Å². The molecule has 0 aromatic heterocycles. The van der Waals surface area contributed by atoms with E-state index >= 15 is 0 Å². The minimum Gasteiger partial charge on any atom is -0.273 e. The van der Waals surface area contributed by atoms with Crippen LogP contribution >= 0.6 is 0 Å². The summed E-state index contributed by atoms with van der Waals surface area (Å²) in [6.07, 6.45) is 1.49. The van der Waals surface area contributed by atoms with Gasteiger partial charge in [-0.2, -0.15) is 5.10 Å². The molecule has 0 saturated heterocycles. The molecule has 29 heavy (non-hydrogen) atoms. The number of nitro benzene ring substituents is 1. The number of amides is 1. The molecular weight excluding hydrogens is 366 g/mol. The van der Waals surface area contributed by atoms with Crippen LogP contribution in [0.25, 0.3) is 0 Å². The van der Waals surface area contributed by atoms with Crippen LogP contribution < -0.4 is 5.43 Å². The third-order valence-corrected chi connectivity index (χ3v) is 5.18. The Morgan fingerprint density at radius 1 is 0.862 bits per heavy atom. The van der Waals surface area contributed by atoms with Crippen molar-refractivity contribution in [2.75, 3.05) is 0 Å². The van der Waals surface area contributed by atoms with Crippen LogP contribution in [0.1, 0.15) is 28.5 Å². The zero-order valence-corrected chi connectivity index (χ0v) is 15.5. The summed E-state index contributed by atoms with van der Waals surface area (Å²) in [4.78, 5) is 23.0. The summed E-state index contributed by atoms with van der Waals surface area (Å²) in [6, 6.07) is 26.0. The molecule has 1 N–H and O–H groups in total. The van der Waals surface area contributed by atoms with Gasteiger partial charge in [0, 0.05) is 24.0 Å². The molecule has 1 amide bonds. The molecule has 0 aliphatic heterocycles. The highest BCUT2D eigenvalue weighted by Crippen LogP contribution is 2.60. The molecule has 3 aromatic carbocycles. The molecule has 1 saturated carbocycles. The molecule has 0 spiro atoms. The van der Waals surface area contributed by atoms with Gasteiger partial charge < -0.3 is 0 Å². The quantitative estimate of drug-likeness (QED) is 0.391. The van der Waals surface area contributed by atoms with Crippen molar-refractivity contribution in [1.29, 1.82) is 0 Å². The maximum absolute atomic E-state index is 12.8. The summed E-state index contributed by atoms with van der Waals surface area (Å²) in [5.41, 5.74) is 5.59. The first-order valence-corrected chi connectivity index (χ1v) is 9.32. The lowest BCUT2D eigenvalue weighted by molar-refractivity contribution is -0.384. The SMILES string of the molecule is O=C(NN=Cc1ccc([N+](=O)[O-])cc1)C1C(c2ccccc2)C1c1ccccc1. The molecular formula is C23H19N3O3. The Morgan fingerprint density at radius 2 is 1.38 bits per heavy atom. The number of nitrogens with zero attached hydrogens (tertiary/aromatic N) is 2. The smallest absolute Gasteiger partial charge is 0.269 e. The fraction of sp³-hybridized carbons (Fsp3) is 0.130. The molecule has 0 radical (unpaired) electrons. The number of hydrazone groups is 1. The van der Waals surface area contributed by atoms with Gasteiger partial charge in [0.25, 0.3) is 5.69 Å². The monoisotopic (exact) mass is 385 g/mol. The minimum absolute atomic E-state index is 0.0144. The Hall–Kier alpha value is -3.80. The van der Waals surface area contributed by atoms with E-state index in [4.69, 9.17) is 0 Å². The molecule has 0 bridgehead atoms.